The van der Waals surface area contributed by atoms with Crippen molar-refractivity contribution in [1.82, 2.24) is 29.2 Å². The van der Waals surface area contributed by atoms with Crippen LogP contribution in [-0.4, -0.2) is 48.2 Å². The molecule has 7 heteroatoms. The second-order valence-corrected chi connectivity index (χ2v) is 6.99. The maximum absolute atomic E-state index is 12.6. The van der Waals surface area contributed by atoms with E-state index in [1.165, 1.54) is 11.9 Å². The molecule has 2 aromatic heterocycles. The number of amides is 1. The van der Waals surface area contributed by atoms with Gasteiger partial charge in [-0.05, 0) is 18.4 Å². The van der Waals surface area contributed by atoms with E-state index < -0.39 is 0 Å². The molecule has 3 heterocycles. The third-order valence-corrected chi connectivity index (χ3v) is 5.10. The normalized spacial score (nSPS) is 17.2. The van der Waals surface area contributed by atoms with Gasteiger partial charge >= 0.3 is 0 Å². The fraction of sp³-hybridized carbons (Fsp3) is 0.400. The summed E-state index contributed by atoms with van der Waals surface area (Å²) in [6.07, 6.45) is 9.57. The van der Waals surface area contributed by atoms with Gasteiger partial charge in [-0.1, -0.05) is 30.3 Å². The largest absolute Gasteiger partial charge is 0.342 e. The van der Waals surface area contributed by atoms with E-state index in [4.69, 9.17) is 0 Å². The van der Waals surface area contributed by atoms with Crippen molar-refractivity contribution in [1.29, 1.82) is 0 Å². The highest BCUT2D eigenvalue weighted by molar-refractivity contribution is 5.76. The minimum absolute atomic E-state index is 0.177. The number of likely N-dealkylation sites (tertiary alicyclic amines) is 1. The molecule has 0 aliphatic carbocycles. The van der Waals surface area contributed by atoms with E-state index in [0.29, 0.717) is 13.0 Å². The molecule has 0 spiro atoms. The number of aryl methyl sites for hydroxylation is 1. The van der Waals surface area contributed by atoms with Gasteiger partial charge in [0, 0.05) is 44.4 Å². The van der Waals surface area contributed by atoms with Gasteiger partial charge in [-0.2, -0.15) is 5.10 Å². The maximum Gasteiger partial charge on any atom is 0.224 e. The SMILES string of the molecule is O=C(CCn1cncn1)N1CCC[C@@H](c2nccn2Cc2ccccc2)C1. The highest BCUT2D eigenvalue weighted by atomic mass is 16.2. The van der Waals surface area contributed by atoms with Crippen molar-refractivity contribution in [3.05, 3.63) is 66.8 Å². The molecule has 0 bridgehead atoms. The third kappa shape index (κ3) is 4.24. The molecule has 1 aliphatic heterocycles. The summed E-state index contributed by atoms with van der Waals surface area (Å²) >= 11 is 0. The Kier molecular flexibility index (Phi) is 5.27. The number of carbonyl (C=O) groups excluding carboxylic acids is 1. The van der Waals surface area contributed by atoms with Crippen molar-refractivity contribution in [3.8, 4) is 0 Å². The second kappa shape index (κ2) is 8.16. The Morgan fingerprint density at radius 1 is 1.22 bits per heavy atom. The quantitative estimate of drug-likeness (QED) is 0.673. The van der Waals surface area contributed by atoms with Crippen LogP contribution in [0.25, 0.3) is 0 Å². The summed E-state index contributed by atoms with van der Waals surface area (Å²) in [6, 6.07) is 10.4. The lowest BCUT2D eigenvalue weighted by molar-refractivity contribution is -0.132. The van der Waals surface area contributed by atoms with Crippen LogP contribution >= 0.6 is 0 Å². The topological polar surface area (TPSA) is 68.8 Å². The van der Waals surface area contributed by atoms with Gasteiger partial charge in [0.25, 0.3) is 0 Å². The molecule has 1 saturated heterocycles. The van der Waals surface area contributed by atoms with Gasteiger partial charge < -0.3 is 9.47 Å². The van der Waals surface area contributed by atoms with Crippen molar-refractivity contribution in [2.75, 3.05) is 13.1 Å². The minimum Gasteiger partial charge on any atom is -0.342 e. The number of aromatic nitrogens is 5. The van der Waals surface area contributed by atoms with Crippen LogP contribution in [0.5, 0.6) is 0 Å². The second-order valence-electron chi connectivity index (χ2n) is 6.99. The van der Waals surface area contributed by atoms with Crippen molar-refractivity contribution in [2.45, 2.75) is 38.3 Å². The lowest BCUT2D eigenvalue weighted by Crippen LogP contribution is -2.40. The number of imidazole rings is 1. The Labute approximate surface area is 158 Å². The van der Waals surface area contributed by atoms with Crippen molar-refractivity contribution in [2.24, 2.45) is 0 Å². The molecular weight excluding hydrogens is 340 g/mol. The summed E-state index contributed by atoms with van der Waals surface area (Å²) in [5.74, 6) is 1.54. The number of hydrogen-bond donors (Lipinski definition) is 0. The maximum atomic E-state index is 12.6. The molecule has 27 heavy (non-hydrogen) atoms. The predicted molar refractivity (Wildman–Crippen MR) is 101 cm³/mol. The van der Waals surface area contributed by atoms with Gasteiger partial charge in [-0.25, -0.2) is 9.97 Å². The Morgan fingerprint density at radius 3 is 2.93 bits per heavy atom. The molecule has 0 N–H and O–H groups in total. The molecule has 4 rings (SSSR count). The number of carbonyl (C=O) groups is 1. The first-order chi connectivity index (χ1) is 13.3. The van der Waals surface area contributed by atoms with Crippen LogP contribution in [0.4, 0.5) is 0 Å². The van der Waals surface area contributed by atoms with E-state index in [0.717, 1.165) is 38.3 Å². The predicted octanol–water partition coefficient (Wildman–Crippen LogP) is 2.32. The molecule has 1 fully saturated rings. The van der Waals surface area contributed by atoms with E-state index in [1.807, 2.05) is 23.4 Å². The molecule has 1 aliphatic rings. The van der Waals surface area contributed by atoms with E-state index in [-0.39, 0.29) is 11.8 Å². The Bertz CT molecular complexity index is 858. The summed E-state index contributed by atoms with van der Waals surface area (Å²) < 4.78 is 3.91. The molecule has 1 aromatic carbocycles. The molecule has 140 valence electrons. The number of piperidine rings is 1. The standard InChI is InChI=1S/C20H24N6O/c27-19(8-11-26-16-21-15-23-26)24-10-4-7-18(14-24)20-22-9-12-25(20)13-17-5-2-1-3-6-17/h1-3,5-6,9,12,15-16,18H,4,7-8,10-11,13-14H2/t18-/m1/s1. The van der Waals surface area contributed by atoms with Gasteiger partial charge in [-0.15, -0.1) is 0 Å². The Morgan fingerprint density at radius 2 is 2.11 bits per heavy atom. The molecule has 1 amide bonds. The van der Waals surface area contributed by atoms with Crippen molar-refractivity contribution < 1.29 is 4.79 Å². The molecule has 0 radical (unpaired) electrons. The van der Waals surface area contributed by atoms with E-state index >= 15 is 0 Å². The first kappa shape index (κ1) is 17.5. The summed E-state index contributed by atoms with van der Waals surface area (Å²) in [7, 11) is 0. The summed E-state index contributed by atoms with van der Waals surface area (Å²) in [5.41, 5.74) is 1.26. The molecule has 0 saturated carbocycles. The summed E-state index contributed by atoms with van der Waals surface area (Å²) in [4.78, 5) is 23.1. The van der Waals surface area contributed by atoms with Crippen LogP contribution in [0.2, 0.25) is 0 Å². The highest BCUT2D eigenvalue weighted by Crippen LogP contribution is 2.26. The monoisotopic (exact) mass is 364 g/mol. The lowest BCUT2D eigenvalue weighted by atomic mass is 9.96. The molecule has 1 atom stereocenters. The zero-order valence-electron chi connectivity index (χ0n) is 15.3. The van der Waals surface area contributed by atoms with Crippen LogP contribution in [0.3, 0.4) is 0 Å². The smallest absolute Gasteiger partial charge is 0.224 e. The van der Waals surface area contributed by atoms with Crippen molar-refractivity contribution >= 4 is 5.91 Å². The third-order valence-electron chi connectivity index (χ3n) is 5.10. The van der Waals surface area contributed by atoms with Gasteiger partial charge in [0.15, 0.2) is 0 Å². The van der Waals surface area contributed by atoms with E-state index in [9.17, 15) is 4.79 Å². The zero-order chi connectivity index (χ0) is 18.5. The fourth-order valence-corrected chi connectivity index (χ4v) is 3.73. The summed E-state index contributed by atoms with van der Waals surface area (Å²) in [6.45, 7) is 2.95. The average Bonchev–Trinajstić information content (AvgIpc) is 3.39. The number of benzene rings is 1. The van der Waals surface area contributed by atoms with E-state index in [1.54, 1.807) is 11.0 Å². The zero-order valence-corrected chi connectivity index (χ0v) is 15.3. The lowest BCUT2D eigenvalue weighted by Gasteiger charge is -2.32. The highest BCUT2D eigenvalue weighted by Gasteiger charge is 2.27. The molecule has 0 unspecified atom stereocenters. The fourth-order valence-electron chi connectivity index (χ4n) is 3.73. The first-order valence-corrected chi connectivity index (χ1v) is 9.45. The average molecular weight is 364 g/mol. The van der Waals surface area contributed by atoms with Crippen molar-refractivity contribution in [3.63, 3.8) is 0 Å². The Balaban J connectivity index is 1.40. The van der Waals surface area contributed by atoms with Crippen LogP contribution in [0.1, 0.15) is 36.6 Å². The van der Waals surface area contributed by atoms with Crippen LogP contribution < -0.4 is 0 Å². The van der Waals surface area contributed by atoms with Crippen LogP contribution in [0, 0.1) is 0 Å². The van der Waals surface area contributed by atoms with Crippen LogP contribution in [0.15, 0.2) is 55.4 Å². The number of nitrogens with zero attached hydrogens (tertiary/aromatic N) is 6. The van der Waals surface area contributed by atoms with Gasteiger partial charge in [0.05, 0.1) is 6.54 Å². The molecule has 7 nitrogen and oxygen atoms in total. The minimum atomic E-state index is 0.177. The first-order valence-electron chi connectivity index (χ1n) is 9.45. The van der Waals surface area contributed by atoms with E-state index in [2.05, 4.69) is 43.9 Å². The van der Waals surface area contributed by atoms with Gasteiger partial charge in [0.1, 0.15) is 18.5 Å². The van der Waals surface area contributed by atoms with Crippen LogP contribution in [-0.2, 0) is 17.9 Å². The summed E-state index contributed by atoms with van der Waals surface area (Å²) in [5, 5.41) is 4.06. The molecule has 3 aromatic rings. The van der Waals surface area contributed by atoms with Gasteiger partial charge in [-0.3, -0.25) is 9.48 Å². The number of rotatable bonds is 6. The van der Waals surface area contributed by atoms with Gasteiger partial charge in [0.2, 0.25) is 5.91 Å². The molecular formula is C20H24N6O. The number of hydrogen-bond acceptors (Lipinski definition) is 4. The Hall–Kier alpha value is -2.96.